The molecule has 1 aliphatic rings. The molecule has 0 unspecified atom stereocenters. The van der Waals surface area contributed by atoms with E-state index < -0.39 is 0 Å². The molecule has 0 N–H and O–H groups in total. The molecule has 0 saturated heterocycles. The first-order chi connectivity index (χ1) is 14.8. The molecule has 1 aliphatic carbocycles. The first-order valence-corrected chi connectivity index (χ1v) is 10.2. The summed E-state index contributed by atoms with van der Waals surface area (Å²) in [5, 5.41) is 7.48. The molecule has 0 aliphatic heterocycles. The van der Waals surface area contributed by atoms with Gasteiger partial charge in [-0.15, -0.1) is 0 Å². The van der Waals surface area contributed by atoms with Gasteiger partial charge in [0.1, 0.15) is 0 Å². The Kier molecular flexibility index (Phi) is 3.03. The lowest BCUT2D eigenvalue weighted by Crippen LogP contribution is -1.88. The Morgan fingerprint density at radius 3 is 2.40 bits per heavy atom. The highest BCUT2D eigenvalue weighted by Gasteiger charge is 2.13. The van der Waals surface area contributed by atoms with Crippen LogP contribution in [-0.4, -0.2) is 9.97 Å². The van der Waals surface area contributed by atoms with Crippen molar-refractivity contribution in [3.63, 3.8) is 0 Å². The van der Waals surface area contributed by atoms with Gasteiger partial charge in [-0.2, -0.15) is 0 Å². The Morgan fingerprint density at radius 2 is 1.40 bits per heavy atom. The van der Waals surface area contributed by atoms with E-state index in [1.807, 2.05) is 18.5 Å². The molecule has 6 aromatic rings. The van der Waals surface area contributed by atoms with Crippen LogP contribution in [0.5, 0.6) is 0 Å². The summed E-state index contributed by atoms with van der Waals surface area (Å²) in [5.41, 5.74) is 6.84. The van der Waals surface area contributed by atoms with E-state index >= 15 is 0 Å². The number of rotatable bonds is 1. The molecule has 0 amide bonds. The topological polar surface area (TPSA) is 25.8 Å². The van der Waals surface area contributed by atoms with Crippen LogP contribution in [0.25, 0.3) is 66.6 Å². The minimum atomic E-state index is 0.953. The zero-order valence-electron chi connectivity index (χ0n) is 16.1. The summed E-state index contributed by atoms with van der Waals surface area (Å²) < 4.78 is 0. The van der Waals surface area contributed by atoms with Crippen molar-refractivity contribution in [2.24, 2.45) is 0 Å². The maximum atomic E-state index is 4.78. The molecule has 2 nitrogen and oxygen atoms in total. The number of pyridine rings is 2. The average molecular weight is 380 g/mol. The molecule has 0 radical (unpaired) electrons. The van der Waals surface area contributed by atoms with Gasteiger partial charge in [-0.3, -0.25) is 9.97 Å². The summed E-state index contributed by atoms with van der Waals surface area (Å²) in [6.07, 6.45) is 8.23. The van der Waals surface area contributed by atoms with Crippen molar-refractivity contribution >= 4 is 55.5 Å². The largest absolute Gasteiger partial charge is 0.254 e. The standard InChI is InChI=1S/C28H16N2/c1-3-17-6-8-20-14-22-13-19(10-11-24(22)25(5-1)26(17)20)23-15-21-9-7-18-4-2-12-29-27(18)28(21)30-16-23/h1-16H. The fraction of sp³-hybridized carbons (Fsp3) is 0. The summed E-state index contributed by atoms with van der Waals surface area (Å²) in [5.74, 6) is 0. The molecule has 0 saturated carbocycles. The first kappa shape index (κ1) is 15.8. The van der Waals surface area contributed by atoms with Gasteiger partial charge in [0, 0.05) is 28.7 Å². The van der Waals surface area contributed by atoms with Crippen LogP contribution in [0, 0.1) is 0 Å². The zero-order chi connectivity index (χ0) is 19.7. The zero-order valence-corrected chi connectivity index (χ0v) is 16.1. The summed E-state index contributed by atoms with van der Waals surface area (Å²) >= 11 is 0. The molecule has 4 aromatic carbocycles. The number of benzene rings is 4. The van der Waals surface area contributed by atoms with Gasteiger partial charge < -0.3 is 0 Å². The highest BCUT2D eigenvalue weighted by Crippen LogP contribution is 2.38. The Labute approximate surface area is 173 Å². The van der Waals surface area contributed by atoms with Gasteiger partial charge in [0.2, 0.25) is 0 Å². The summed E-state index contributed by atoms with van der Waals surface area (Å²) in [6.45, 7) is 0. The van der Waals surface area contributed by atoms with Gasteiger partial charge in [0.05, 0.1) is 11.0 Å². The van der Waals surface area contributed by atoms with E-state index in [-0.39, 0.29) is 0 Å². The minimum absolute atomic E-state index is 0.953. The first-order valence-electron chi connectivity index (χ1n) is 10.2. The van der Waals surface area contributed by atoms with E-state index in [4.69, 9.17) is 4.98 Å². The Morgan fingerprint density at radius 1 is 0.533 bits per heavy atom. The third-order valence-electron chi connectivity index (χ3n) is 6.24. The minimum Gasteiger partial charge on any atom is -0.254 e. The predicted octanol–water partition coefficient (Wildman–Crippen LogP) is 7.24. The van der Waals surface area contributed by atoms with Crippen molar-refractivity contribution in [3.05, 3.63) is 96.3 Å². The van der Waals surface area contributed by atoms with Crippen LogP contribution in [0.4, 0.5) is 0 Å². The van der Waals surface area contributed by atoms with Crippen LogP contribution in [-0.2, 0) is 0 Å². The molecule has 0 atom stereocenters. The SMILES string of the molecule is C1=Cc2cc3cc(-c4cnc5c(ccc6cccnc65)c4)ccc3c3cccc1c23. The van der Waals surface area contributed by atoms with Crippen molar-refractivity contribution < 1.29 is 0 Å². The lowest BCUT2D eigenvalue weighted by Gasteiger charge is -2.10. The maximum absolute atomic E-state index is 4.78. The van der Waals surface area contributed by atoms with Gasteiger partial charge in [0.25, 0.3) is 0 Å². The highest BCUT2D eigenvalue weighted by molar-refractivity contribution is 6.17. The van der Waals surface area contributed by atoms with E-state index in [1.54, 1.807) is 0 Å². The van der Waals surface area contributed by atoms with Gasteiger partial charge in [0.15, 0.2) is 0 Å². The third kappa shape index (κ3) is 2.13. The quantitative estimate of drug-likeness (QED) is 0.281. The number of nitrogens with zero attached hydrogens (tertiary/aromatic N) is 2. The number of aromatic nitrogens is 2. The molecular weight excluding hydrogens is 364 g/mol. The lowest BCUT2D eigenvalue weighted by atomic mass is 9.94. The van der Waals surface area contributed by atoms with Gasteiger partial charge >= 0.3 is 0 Å². The number of hydrogen-bond donors (Lipinski definition) is 0. The Hall–Kier alpha value is -4.04. The van der Waals surface area contributed by atoms with Crippen LogP contribution in [0.15, 0.2) is 85.2 Å². The van der Waals surface area contributed by atoms with Crippen LogP contribution >= 0.6 is 0 Å². The highest BCUT2D eigenvalue weighted by atomic mass is 14.7. The van der Waals surface area contributed by atoms with E-state index in [9.17, 15) is 0 Å². The van der Waals surface area contributed by atoms with Crippen molar-refractivity contribution in [2.75, 3.05) is 0 Å². The molecule has 2 heteroatoms. The van der Waals surface area contributed by atoms with Crippen LogP contribution in [0.3, 0.4) is 0 Å². The Balaban J connectivity index is 1.45. The predicted molar refractivity (Wildman–Crippen MR) is 126 cm³/mol. The fourth-order valence-corrected chi connectivity index (χ4v) is 4.81. The molecule has 30 heavy (non-hydrogen) atoms. The van der Waals surface area contributed by atoms with E-state index in [0.717, 1.165) is 27.4 Å². The summed E-state index contributed by atoms with van der Waals surface area (Å²) in [6, 6.07) is 26.1. The van der Waals surface area contributed by atoms with E-state index in [1.165, 1.54) is 38.2 Å². The van der Waals surface area contributed by atoms with E-state index in [2.05, 4.69) is 83.9 Å². The summed E-state index contributed by atoms with van der Waals surface area (Å²) in [4.78, 5) is 9.32. The van der Waals surface area contributed by atoms with Gasteiger partial charge in [-0.05, 0) is 62.5 Å². The van der Waals surface area contributed by atoms with Gasteiger partial charge in [-0.1, -0.05) is 60.7 Å². The molecule has 138 valence electrons. The molecule has 2 aromatic heterocycles. The monoisotopic (exact) mass is 380 g/mol. The molecule has 0 fully saturated rings. The van der Waals surface area contributed by atoms with Crippen LogP contribution in [0.2, 0.25) is 0 Å². The molecular formula is C28H16N2. The average Bonchev–Trinajstić information content (AvgIpc) is 3.22. The van der Waals surface area contributed by atoms with Crippen molar-refractivity contribution in [3.8, 4) is 11.1 Å². The number of fused-ring (bicyclic) bond motifs is 5. The van der Waals surface area contributed by atoms with Crippen LogP contribution in [0.1, 0.15) is 11.1 Å². The molecule has 0 bridgehead atoms. The van der Waals surface area contributed by atoms with Crippen LogP contribution < -0.4 is 0 Å². The lowest BCUT2D eigenvalue weighted by molar-refractivity contribution is 1.37. The molecule has 0 spiro atoms. The summed E-state index contributed by atoms with van der Waals surface area (Å²) in [7, 11) is 0. The third-order valence-corrected chi connectivity index (χ3v) is 6.24. The second-order valence-electron chi connectivity index (χ2n) is 7.94. The van der Waals surface area contributed by atoms with Crippen molar-refractivity contribution in [2.45, 2.75) is 0 Å². The smallest absolute Gasteiger partial charge is 0.0964 e. The normalized spacial score (nSPS) is 12.5. The van der Waals surface area contributed by atoms with E-state index in [0.29, 0.717) is 0 Å². The maximum Gasteiger partial charge on any atom is 0.0964 e. The molecule has 7 rings (SSSR count). The second-order valence-corrected chi connectivity index (χ2v) is 7.94. The molecule has 2 heterocycles. The van der Waals surface area contributed by atoms with Gasteiger partial charge in [-0.25, -0.2) is 0 Å². The second kappa shape index (κ2) is 5.74. The fourth-order valence-electron chi connectivity index (χ4n) is 4.81. The van der Waals surface area contributed by atoms with Crippen molar-refractivity contribution in [1.29, 1.82) is 0 Å². The van der Waals surface area contributed by atoms with Crippen molar-refractivity contribution in [1.82, 2.24) is 9.97 Å². The Bertz CT molecular complexity index is 1690. The number of hydrogen-bond acceptors (Lipinski definition) is 2.